The molecule has 2 aromatic rings. The number of halogens is 1. The van der Waals surface area contributed by atoms with E-state index >= 15 is 0 Å². The zero-order valence-corrected chi connectivity index (χ0v) is 18.1. The SMILES string of the molecule is CC1(C)C(=O)N(COC(=O)Nc2ccc(C(=O)c3ccccc3)cc2)C(C)(C)N1Cl. The first kappa shape index (κ1) is 21.8. The van der Waals surface area contributed by atoms with Gasteiger partial charge in [-0.1, -0.05) is 30.3 Å². The number of amides is 2. The monoisotopic (exact) mass is 429 g/mol. The molecule has 2 amide bonds. The number of carbonyl (C=O) groups excluding carboxylic acids is 3. The standard InChI is InChI=1S/C22H24ClN3O4/c1-21(2)19(28)25(22(3,4)26(21)23)14-30-20(29)24-17-12-10-16(11-13-17)18(27)15-8-6-5-7-9-15/h5-13H,14H2,1-4H3,(H,24,29). The largest absolute Gasteiger partial charge is 0.428 e. The molecular weight excluding hydrogens is 406 g/mol. The maximum Gasteiger partial charge on any atom is 0.413 e. The van der Waals surface area contributed by atoms with Gasteiger partial charge in [-0.25, -0.2) is 4.79 Å². The van der Waals surface area contributed by atoms with Gasteiger partial charge in [-0.05, 0) is 63.7 Å². The zero-order chi connectivity index (χ0) is 22.1. The molecule has 0 aliphatic carbocycles. The Labute approximate surface area is 180 Å². The molecule has 8 heteroatoms. The highest BCUT2D eigenvalue weighted by Gasteiger charge is 2.56. The van der Waals surface area contributed by atoms with Gasteiger partial charge in [0.1, 0.15) is 11.2 Å². The van der Waals surface area contributed by atoms with Gasteiger partial charge in [-0.2, -0.15) is 4.42 Å². The predicted octanol–water partition coefficient (Wildman–Crippen LogP) is 4.24. The molecule has 0 unspecified atom stereocenters. The fourth-order valence-corrected chi connectivity index (χ4v) is 3.57. The summed E-state index contributed by atoms with van der Waals surface area (Å²) in [4.78, 5) is 38.6. The van der Waals surface area contributed by atoms with Crippen molar-refractivity contribution < 1.29 is 19.1 Å². The lowest BCUT2D eigenvalue weighted by Crippen LogP contribution is -2.48. The number of anilines is 1. The summed E-state index contributed by atoms with van der Waals surface area (Å²) in [5, 5.41) is 2.59. The third kappa shape index (κ3) is 4.04. The lowest BCUT2D eigenvalue weighted by Gasteiger charge is -2.34. The van der Waals surface area contributed by atoms with Crippen LogP contribution in [0.4, 0.5) is 10.5 Å². The molecular formula is C22H24ClN3O4. The molecule has 1 aliphatic heterocycles. The highest BCUT2D eigenvalue weighted by Crippen LogP contribution is 2.39. The third-order valence-electron chi connectivity index (χ3n) is 5.15. The van der Waals surface area contributed by atoms with Crippen LogP contribution < -0.4 is 5.32 Å². The molecule has 0 atom stereocenters. The van der Waals surface area contributed by atoms with Gasteiger partial charge in [-0.15, -0.1) is 0 Å². The Morgan fingerprint density at radius 1 is 0.967 bits per heavy atom. The van der Waals surface area contributed by atoms with Gasteiger partial charge in [0.05, 0.1) is 0 Å². The molecule has 158 valence electrons. The maximum absolute atomic E-state index is 12.6. The minimum Gasteiger partial charge on any atom is -0.428 e. The number of ketones is 1. The number of carbonyl (C=O) groups is 3. The Morgan fingerprint density at radius 2 is 1.53 bits per heavy atom. The van der Waals surface area contributed by atoms with Crippen molar-refractivity contribution >= 4 is 35.2 Å². The summed E-state index contributed by atoms with van der Waals surface area (Å²) >= 11 is 6.30. The first-order valence-electron chi connectivity index (χ1n) is 9.47. The average Bonchev–Trinajstić information content (AvgIpc) is 2.84. The molecule has 1 saturated heterocycles. The summed E-state index contributed by atoms with van der Waals surface area (Å²) in [5.41, 5.74) is -0.162. The summed E-state index contributed by atoms with van der Waals surface area (Å²) in [5.74, 6) is -0.341. The quantitative estimate of drug-likeness (QED) is 0.568. The summed E-state index contributed by atoms with van der Waals surface area (Å²) in [6, 6.07) is 15.4. The van der Waals surface area contributed by atoms with Crippen LogP contribution in [0.25, 0.3) is 0 Å². The maximum atomic E-state index is 12.6. The van der Waals surface area contributed by atoms with Gasteiger partial charge in [0, 0.05) is 16.8 Å². The Kier molecular flexibility index (Phi) is 5.87. The van der Waals surface area contributed by atoms with E-state index in [0.717, 1.165) is 0 Å². The summed E-state index contributed by atoms with van der Waals surface area (Å²) in [7, 11) is 0. The average molecular weight is 430 g/mol. The number of nitrogens with one attached hydrogen (secondary N) is 1. The van der Waals surface area contributed by atoms with Crippen molar-refractivity contribution in [1.29, 1.82) is 0 Å². The second-order valence-electron chi connectivity index (χ2n) is 8.03. The van der Waals surface area contributed by atoms with Crippen molar-refractivity contribution in [2.45, 2.75) is 38.9 Å². The number of ether oxygens (including phenoxy) is 1. The van der Waals surface area contributed by atoms with E-state index in [2.05, 4.69) is 5.32 Å². The van der Waals surface area contributed by atoms with Gasteiger partial charge in [0.15, 0.2) is 12.5 Å². The molecule has 1 fully saturated rings. The van der Waals surface area contributed by atoms with Crippen LogP contribution in [0.3, 0.4) is 0 Å². The molecule has 0 bridgehead atoms. The van der Waals surface area contributed by atoms with E-state index in [0.29, 0.717) is 16.8 Å². The van der Waals surface area contributed by atoms with E-state index in [1.165, 1.54) is 9.32 Å². The highest BCUT2D eigenvalue weighted by molar-refractivity contribution is 6.17. The van der Waals surface area contributed by atoms with Crippen LogP contribution in [0.2, 0.25) is 0 Å². The molecule has 1 N–H and O–H groups in total. The molecule has 30 heavy (non-hydrogen) atoms. The van der Waals surface area contributed by atoms with Crippen molar-refractivity contribution in [3.05, 3.63) is 65.7 Å². The van der Waals surface area contributed by atoms with E-state index in [9.17, 15) is 14.4 Å². The second kappa shape index (κ2) is 8.08. The van der Waals surface area contributed by atoms with E-state index in [1.54, 1.807) is 76.2 Å². The molecule has 0 saturated carbocycles. The van der Waals surface area contributed by atoms with Crippen LogP contribution in [0, 0.1) is 0 Å². The van der Waals surface area contributed by atoms with Crippen molar-refractivity contribution in [2.75, 3.05) is 12.0 Å². The van der Waals surface area contributed by atoms with E-state index < -0.39 is 17.3 Å². The Balaban J connectivity index is 1.59. The first-order valence-corrected chi connectivity index (χ1v) is 9.80. The Morgan fingerprint density at radius 3 is 2.07 bits per heavy atom. The minimum absolute atomic E-state index is 0.104. The molecule has 2 aromatic carbocycles. The van der Waals surface area contributed by atoms with Gasteiger partial charge in [0.2, 0.25) is 5.91 Å². The van der Waals surface area contributed by atoms with E-state index in [1.807, 2.05) is 6.07 Å². The second-order valence-corrected chi connectivity index (χ2v) is 8.36. The van der Waals surface area contributed by atoms with Crippen molar-refractivity contribution in [3.8, 4) is 0 Å². The summed E-state index contributed by atoms with van der Waals surface area (Å²) in [6.45, 7) is 6.73. The van der Waals surface area contributed by atoms with Crippen LogP contribution in [-0.2, 0) is 9.53 Å². The molecule has 3 rings (SSSR count). The van der Waals surface area contributed by atoms with E-state index in [-0.39, 0.29) is 18.4 Å². The number of hydrogen-bond acceptors (Lipinski definition) is 5. The molecule has 0 spiro atoms. The van der Waals surface area contributed by atoms with Crippen LogP contribution in [0.5, 0.6) is 0 Å². The topological polar surface area (TPSA) is 79.0 Å². The summed E-state index contributed by atoms with van der Waals surface area (Å²) in [6.07, 6.45) is -0.716. The molecule has 1 heterocycles. The first-order chi connectivity index (χ1) is 14.0. The number of benzene rings is 2. The Hall–Kier alpha value is -2.90. The van der Waals surface area contributed by atoms with Gasteiger partial charge >= 0.3 is 6.09 Å². The van der Waals surface area contributed by atoms with Gasteiger partial charge in [-0.3, -0.25) is 19.8 Å². The van der Waals surface area contributed by atoms with Crippen molar-refractivity contribution in [3.63, 3.8) is 0 Å². The number of hydrogen-bond donors (Lipinski definition) is 1. The number of rotatable bonds is 5. The zero-order valence-electron chi connectivity index (χ0n) is 17.3. The fraction of sp³-hybridized carbons (Fsp3) is 0.318. The van der Waals surface area contributed by atoms with Crippen molar-refractivity contribution in [2.24, 2.45) is 0 Å². The van der Waals surface area contributed by atoms with Crippen LogP contribution in [-0.4, -0.2) is 45.0 Å². The minimum atomic E-state index is -0.911. The molecule has 0 aromatic heterocycles. The normalized spacial score (nSPS) is 17.6. The van der Waals surface area contributed by atoms with Gasteiger partial charge < -0.3 is 4.74 Å². The third-order valence-corrected chi connectivity index (χ3v) is 5.99. The summed E-state index contributed by atoms with van der Waals surface area (Å²) < 4.78 is 6.65. The van der Waals surface area contributed by atoms with E-state index in [4.69, 9.17) is 16.5 Å². The van der Waals surface area contributed by atoms with Crippen LogP contribution >= 0.6 is 11.8 Å². The lowest BCUT2D eigenvalue weighted by atomic mass is 10.0. The predicted molar refractivity (Wildman–Crippen MR) is 114 cm³/mol. The number of nitrogens with zero attached hydrogens (tertiary/aromatic N) is 2. The smallest absolute Gasteiger partial charge is 0.413 e. The van der Waals surface area contributed by atoms with Gasteiger partial charge in [0.25, 0.3) is 0 Å². The molecule has 7 nitrogen and oxygen atoms in total. The van der Waals surface area contributed by atoms with Crippen LogP contribution in [0.15, 0.2) is 54.6 Å². The van der Waals surface area contributed by atoms with Crippen LogP contribution in [0.1, 0.15) is 43.6 Å². The lowest BCUT2D eigenvalue weighted by molar-refractivity contribution is -0.137. The Bertz CT molecular complexity index is 958. The molecule has 1 aliphatic rings. The fourth-order valence-electron chi connectivity index (χ4n) is 3.41. The molecule has 0 radical (unpaired) electrons. The highest BCUT2D eigenvalue weighted by atomic mass is 35.5. The van der Waals surface area contributed by atoms with Crippen molar-refractivity contribution in [1.82, 2.24) is 9.32 Å².